The molecule has 2 aromatic rings. The third-order valence-corrected chi connectivity index (χ3v) is 4.30. The summed E-state index contributed by atoms with van der Waals surface area (Å²) in [5, 5.41) is 6.40. The third-order valence-electron chi connectivity index (χ3n) is 4.30. The Morgan fingerprint density at radius 2 is 2.30 bits per heavy atom. The minimum absolute atomic E-state index is 0.0693. The number of hydrogen-bond acceptors (Lipinski definition) is 4. The molecule has 0 aromatic carbocycles. The average molecular weight is 310 g/mol. The molecule has 5 nitrogen and oxygen atoms in total. The van der Waals surface area contributed by atoms with Gasteiger partial charge in [-0.1, -0.05) is 6.07 Å². The zero-order valence-electron chi connectivity index (χ0n) is 13.4. The highest BCUT2D eigenvalue weighted by molar-refractivity contribution is 5.76. The number of hydrogen-bond donors (Lipinski definition) is 2. The van der Waals surface area contributed by atoms with E-state index in [1.54, 1.807) is 6.20 Å². The van der Waals surface area contributed by atoms with Crippen molar-refractivity contribution in [2.45, 2.75) is 39.3 Å². The van der Waals surface area contributed by atoms with Crippen LogP contribution in [0.4, 0.5) is 0 Å². The standard InChI is InChI=1S/C18H22N4O/c1-13-17(16-6-8-20-10-15(16)11-21-13)12-22-18(23)5-4-14-3-2-7-19-9-14/h2-3,7,9,11,20H,4-6,8,10,12H2,1H3,(H,22,23). The molecule has 0 radical (unpaired) electrons. The second kappa shape index (κ2) is 7.33. The fourth-order valence-electron chi connectivity index (χ4n) is 2.96. The van der Waals surface area contributed by atoms with Gasteiger partial charge in [0, 0.05) is 43.8 Å². The van der Waals surface area contributed by atoms with Crippen LogP contribution >= 0.6 is 0 Å². The van der Waals surface area contributed by atoms with Gasteiger partial charge in [-0.05, 0) is 54.6 Å². The number of amides is 1. The molecule has 1 aliphatic heterocycles. The summed E-state index contributed by atoms with van der Waals surface area (Å²) in [6, 6.07) is 3.89. The molecule has 0 aliphatic carbocycles. The molecule has 1 aliphatic rings. The normalized spacial score (nSPS) is 13.4. The van der Waals surface area contributed by atoms with Crippen molar-refractivity contribution in [1.82, 2.24) is 20.6 Å². The molecule has 0 unspecified atom stereocenters. The Morgan fingerprint density at radius 1 is 1.39 bits per heavy atom. The maximum atomic E-state index is 12.1. The van der Waals surface area contributed by atoms with Crippen molar-refractivity contribution in [3.63, 3.8) is 0 Å². The summed E-state index contributed by atoms with van der Waals surface area (Å²) in [4.78, 5) is 20.6. The summed E-state index contributed by atoms with van der Waals surface area (Å²) in [5.74, 6) is 0.0693. The number of rotatable bonds is 5. The first-order chi connectivity index (χ1) is 11.2. The molecule has 3 rings (SSSR count). The highest BCUT2D eigenvalue weighted by Gasteiger charge is 2.16. The lowest BCUT2D eigenvalue weighted by molar-refractivity contribution is -0.121. The van der Waals surface area contributed by atoms with Crippen molar-refractivity contribution in [1.29, 1.82) is 0 Å². The van der Waals surface area contributed by atoms with Gasteiger partial charge in [-0.2, -0.15) is 0 Å². The number of carbonyl (C=O) groups is 1. The van der Waals surface area contributed by atoms with Gasteiger partial charge in [0.25, 0.3) is 0 Å². The second-order valence-corrected chi connectivity index (χ2v) is 5.89. The molecule has 0 atom stereocenters. The molecule has 1 amide bonds. The minimum atomic E-state index is 0.0693. The summed E-state index contributed by atoms with van der Waals surface area (Å²) in [7, 11) is 0. The van der Waals surface area contributed by atoms with Crippen LogP contribution in [0.25, 0.3) is 0 Å². The summed E-state index contributed by atoms with van der Waals surface area (Å²) in [6.07, 6.45) is 7.70. The molecule has 5 heteroatoms. The first kappa shape index (κ1) is 15.6. The maximum absolute atomic E-state index is 12.1. The number of aryl methyl sites for hydroxylation is 2. The van der Waals surface area contributed by atoms with E-state index in [-0.39, 0.29) is 5.91 Å². The Morgan fingerprint density at radius 3 is 3.13 bits per heavy atom. The summed E-state index contributed by atoms with van der Waals surface area (Å²) >= 11 is 0. The van der Waals surface area contributed by atoms with Gasteiger partial charge in [-0.25, -0.2) is 0 Å². The molecule has 2 aromatic heterocycles. The van der Waals surface area contributed by atoms with E-state index < -0.39 is 0 Å². The quantitative estimate of drug-likeness (QED) is 0.882. The van der Waals surface area contributed by atoms with Crippen molar-refractivity contribution in [3.8, 4) is 0 Å². The predicted octanol–water partition coefficient (Wildman–Crippen LogP) is 1.68. The van der Waals surface area contributed by atoms with Gasteiger partial charge in [0.05, 0.1) is 0 Å². The highest BCUT2D eigenvalue weighted by Crippen LogP contribution is 2.20. The number of carbonyl (C=O) groups excluding carboxylic acids is 1. The fourth-order valence-corrected chi connectivity index (χ4v) is 2.96. The number of pyridine rings is 2. The molecular formula is C18H22N4O. The molecule has 23 heavy (non-hydrogen) atoms. The molecule has 0 saturated heterocycles. The SMILES string of the molecule is Cc1ncc2c(c1CNC(=O)CCc1cccnc1)CCNC2. The lowest BCUT2D eigenvalue weighted by atomic mass is 9.96. The number of aromatic nitrogens is 2. The Balaban J connectivity index is 1.59. The van der Waals surface area contributed by atoms with Crippen LogP contribution < -0.4 is 10.6 Å². The first-order valence-electron chi connectivity index (χ1n) is 8.06. The van der Waals surface area contributed by atoms with Crippen molar-refractivity contribution >= 4 is 5.91 Å². The van der Waals surface area contributed by atoms with Gasteiger partial charge in [0.15, 0.2) is 0 Å². The minimum Gasteiger partial charge on any atom is -0.352 e. The van der Waals surface area contributed by atoms with Gasteiger partial charge >= 0.3 is 0 Å². The molecule has 0 saturated carbocycles. The van der Waals surface area contributed by atoms with Crippen LogP contribution in [0.5, 0.6) is 0 Å². The molecule has 0 fully saturated rings. The summed E-state index contributed by atoms with van der Waals surface area (Å²) < 4.78 is 0. The van der Waals surface area contributed by atoms with E-state index in [1.165, 1.54) is 16.7 Å². The van der Waals surface area contributed by atoms with Crippen molar-refractivity contribution < 1.29 is 4.79 Å². The van der Waals surface area contributed by atoms with E-state index in [1.807, 2.05) is 31.5 Å². The number of nitrogens with one attached hydrogen (secondary N) is 2. The molecule has 0 bridgehead atoms. The van der Waals surface area contributed by atoms with Gasteiger partial charge in [-0.3, -0.25) is 14.8 Å². The van der Waals surface area contributed by atoms with E-state index in [9.17, 15) is 4.79 Å². The Kier molecular flexibility index (Phi) is 4.98. The highest BCUT2D eigenvalue weighted by atomic mass is 16.1. The zero-order valence-corrected chi connectivity index (χ0v) is 13.4. The van der Waals surface area contributed by atoms with E-state index in [2.05, 4.69) is 20.6 Å². The van der Waals surface area contributed by atoms with E-state index in [0.717, 1.165) is 30.8 Å². The predicted molar refractivity (Wildman–Crippen MR) is 88.8 cm³/mol. The Bertz CT molecular complexity index is 685. The lowest BCUT2D eigenvalue weighted by Gasteiger charge is -2.21. The molecule has 2 N–H and O–H groups in total. The first-order valence-corrected chi connectivity index (χ1v) is 8.06. The van der Waals surface area contributed by atoms with Gasteiger partial charge < -0.3 is 10.6 Å². The molecule has 120 valence electrons. The summed E-state index contributed by atoms with van der Waals surface area (Å²) in [5.41, 5.74) is 5.88. The number of nitrogens with zero attached hydrogens (tertiary/aromatic N) is 2. The average Bonchev–Trinajstić information content (AvgIpc) is 2.60. The Hall–Kier alpha value is -2.27. The Labute approximate surface area is 136 Å². The fraction of sp³-hybridized carbons (Fsp3) is 0.389. The monoisotopic (exact) mass is 310 g/mol. The van der Waals surface area contributed by atoms with Crippen LogP contribution in [0.15, 0.2) is 30.7 Å². The largest absolute Gasteiger partial charge is 0.352 e. The number of fused-ring (bicyclic) bond motifs is 1. The lowest BCUT2D eigenvalue weighted by Crippen LogP contribution is -2.29. The van der Waals surface area contributed by atoms with Crippen molar-refractivity contribution in [3.05, 3.63) is 58.7 Å². The van der Waals surface area contributed by atoms with Gasteiger partial charge in [0.2, 0.25) is 5.91 Å². The maximum Gasteiger partial charge on any atom is 0.220 e. The molecule has 0 spiro atoms. The van der Waals surface area contributed by atoms with E-state index in [4.69, 9.17) is 0 Å². The molecule has 3 heterocycles. The van der Waals surface area contributed by atoms with E-state index >= 15 is 0 Å². The van der Waals surface area contributed by atoms with Crippen LogP contribution in [-0.4, -0.2) is 22.4 Å². The van der Waals surface area contributed by atoms with Crippen LogP contribution in [0.3, 0.4) is 0 Å². The van der Waals surface area contributed by atoms with Crippen LogP contribution in [0.2, 0.25) is 0 Å². The topological polar surface area (TPSA) is 66.9 Å². The third kappa shape index (κ3) is 3.93. The van der Waals surface area contributed by atoms with Crippen LogP contribution in [0.1, 0.15) is 34.4 Å². The van der Waals surface area contributed by atoms with Crippen LogP contribution in [-0.2, 0) is 30.7 Å². The zero-order chi connectivity index (χ0) is 16.1. The smallest absolute Gasteiger partial charge is 0.220 e. The van der Waals surface area contributed by atoms with Gasteiger partial charge in [-0.15, -0.1) is 0 Å². The van der Waals surface area contributed by atoms with Gasteiger partial charge in [0.1, 0.15) is 0 Å². The van der Waals surface area contributed by atoms with E-state index in [0.29, 0.717) is 19.4 Å². The van der Waals surface area contributed by atoms with Crippen molar-refractivity contribution in [2.24, 2.45) is 0 Å². The molecular weight excluding hydrogens is 288 g/mol. The second-order valence-electron chi connectivity index (χ2n) is 5.89. The van der Waals surface area contributed by atoms with Crippen molar-refractivity contribution in [2.75, 3.05) is 6.54 Å². The summed E-state index contributed by atoms with van der Waals surface area (Å²) in [6.45, 7) is 4.43. The van der Waals surface area contributed by atoms with Crippen LogP contribution in [0, 0.1) is 6.92 Å².